The van der Waals surface area contributed by atoms with E-state index < -0.39 is 29.5 Å². The number of halogens is 1. The maximum Gasteiger partial charge on any atom is 0.340 e. The largest absolute Gasteiger partial charge is 0.465 e. The molecule has 1 unspecified atom stereocenters. The molecule has 0 saturated carbocycles. The number of carbonyl (C=O) groups is 3. The van der Waals surface area contributed by atoms with E-state index in [9.17, 15) is 18.8 Å². The first-order chi connectivity index (χ1) is 13.9. The van der Waals surface area contributed by atoms with Crippen molar-refractivity contribution >= 4 is 24.0 Å². The molecule has 0 heterocycles. The summed E-state index contributed by atoms with van der Waals surface area (Å²) in [4.78, 5) is 37.0. The van der Waals surface area contributed by atoms with Gasteiger partial charge in [-0.2, -0.15) is 0 Å². The van der Waals surface area contributed by atoms with Crippen LogP contribution in [0.2, 0.25) is 0 Å². The molecular formula is C22H29FO6. The van der Waals surface area contributed by atoms with E-state index in [-0.39, 0.29) is 39.1 Å². The van der Waals surface area contributed by atoms with Crippen molar-refractivity contribution in [2.75, 3.05) is 19.8 Å². The second-order valence-corrected chi connectivity index (χ2v) is 6.27. The number of ether oxygens (including phenoxy) is 3. The highest BCUT2D eigenvalue weighted by molar-refractivity contribution is 6.03. The van der Waals surface area contributed by atoms with Gasteiger partial charge in [0.05, 0.1) is 19.8 Å². The maximum absolute atomic E-state index is 14.0. The van der Waals surface area contributed by atoms with Gasteiger partial charge in [0.15, 0.2) is 11.6 Å². The van der Waals surface area contributed by atoms with Gasteiger partial charge in [0.1, 0.15) is 0 Å². The number of alkyl halides is 1. The highest BCUT2D eigenvalue weighted by Crippen LogP contribution is 2.32. The van der Waals surface area contributed by atoms with Crippen LogP contribution < -0.4 is 0 Å². The van der Waals surface area contributed by atoms with Gasteiger partial charge in [-0.1, -0.05) is 42.5 Å². The molecule has 29 heavy (non-hydrogen) atoms. The van der Waals surface area contributed by atoms with Crippen LogP contribution in [0.15, 0.2) is 36.4 Å². The van der Waals surface area contributed by atoms with Crippen molar-refractivity contribution in [1.82, 2.24) is 0 Å². The van der Waals surface area contributed by atoms with Crippen LogP contribution in [0.4, 0.5) is 4.39 Å². The van der Waals surface area contributed by atoms with Gasteiger partial charge in [-0.3, -0.25) is 9.59 Å². The van der Waals surface area contributed by atoms with Gasteiger partial charge in [-0.15, -0.1) is 0 Å². The van der Waals surface area contributed by atoms with Crippen molar-refractivity contribution in [2.45, 2.75) is 46.2 Å². The second-order valence-electron chi connectivity index (χ2n) is 6.27. The summed E-state index contributed by atoms with van der Waals surface area (Å²) >= 11 is 0. The molecule has 0 aliphatic heterocycles. The normalized spacial score (nSPS) is 12.4. The lowest BCUT2D eigenvalue weighted by Crippen LogP contribution is -2.40. The van der Waals surface area contributed by atoms with E-state index in [2.05, 4.69) is 4.74 Å². The molecule has 1 aromatic rings. The fraction of sp³-hybridized carbons (Fsp3) is 0.500. The molecule has 0 aliphatic carbocycles. The zero-order valence-electron chi connectivity index (χ0n) is 17.2. The summed E-state index contributed by atoms with van der Waals surface area (Å²) in [6, 6.07) is 9.12. The third-order valence-corrected chi connectivity index (χ3v) is 4.21. The van der Waals surface area contributed by atoms with E-state index in [0.29, 0.717) is 0 Å². The number of hydrogen-bond donors (Lipinski definition) is 0. The van der Waals surface area contributed by atoms with Gasteiger partial charge in [0, 0.05) is 0 Å². The van der Waals surface area contributed by atoms with Crippen molar-refractivity contribution in [3.8, 4) is 0 Å². The molecule has 1 rings (SSSR count). The summed E-state index contributed by atoms with van der Waals surface area (Å²) in [6.45, 7) is 5.09. The quantitative estimate of drug-likeness (QED) is 0.297. The highest BCUT2D eigenvalue weighted by Gasteiger charge is 2.46. The summed E-state index contributed by atoms with van der Waals surface area (Å²) in [5.74, 6) is -2.49. The fourth-order valence-electron chi connectivity index (χ4n) is 2.74. The number of hydrogen-bond acceptors (Lipinski definition) is 6. The Morgan fingerprint density at radius 2 is 1.52 bits per heavy atom. The minimum atomic E-state index is -1.82. The molecule has 0 radical (unpaired) electrons. The van der Waals surface area contributed by atoms with Crippen molar-refractivity contribution in [3.05, 3.63) is 42.0 Å². The summed E-state index contributed by atoms with van der Waals surface area (Å²) in [5.41, 5.74) is -0.948. The van der Waals surface area contributed by atoms with Crippen LogP contribution in [0.3, 0.4) is 0 Å². The van der Waals surface area contributed by atoms with E-state index in [1.807, 2.05) is 30.3 Å². The molecule has 1 atom stereocenters. The molecule has 0 fully saturated rings. The van der Waals surface area contributed by atoms with Crippen LogP contribution in [-0.2, 0) is 28.6 Å². The topological polar surface area (TPSA) is 78.9 Å². The predicted molar refractivity (Wildman–Crippen MR) is 107 cm³/mol. The Morgan fingerprint density at radius 3 is 2.03 bits per heavy atom. The third-order valence-electron chi connectivity index (χ3n) is 4.21. The Hall–Kier alpha value is -2.70. The van der Waals surface area contributed by atoms with Gasteiger partial charge in [-0.25, -0.2) is 9.18 Å². The van der Waals surface area contributed by atoms with Crippen LogP contribution in [0.25, 0.3) is 6.08 Å². The highest BCUT2D eigenvalue weighted by atomic mass is 19.1. The molecule has 0 saturated heterocycles. The zero-order valence-corrected chi connectivity index (χ0v) is 17.2. The molecule has 0 spiro atoms. The Kier molecular flexibility index (Phi) is 10.7. The number of benzene rings is 1. The monoisotopic (exact) mass is 408 g/mol. The summed E-state index contributed by atoms with van der Waals surface area (Å²) in [5, 5.41) is 0. The summed E-state index contributed by atoms with van der Waals surface area (Å²) in [7, 11) is 0. The minimum absolute atomic E-state index is 0.0617. The standard InChI is InChI=1S/C22H29FO6/c1-4-27-19(24)18(23)13-10-15-22(20(25)28-5-2,21(26)29-6-3)16-14-17-11-8-7-9-12-17/h7-9,11-12,14,16,18H,4-6,10,13,15H2,1-3H3/b16-14+. The number of esters is 3. The molecule has 0 amide bonds. The zero-order chi connectivity index (χ0) is 21.7. The van der Waals surface area contributed by atoms with Gasteiger partial charge in [-0.05, 0) is 45.6 Å². The van der Waals surface area contributed by atoms with E-state index in [0.717, 1.165) is 5.56 Å². The fourth-order valence-corrected chi connectivity index (χ4v) is 2.74. The van der Waals surface area contributed by atoms with Crippen molar-refractivity contribution in [2.24, 2.45) is 5.41 Å². The van der Waals surface area contributed by atoms with Crippen molar-refractivity contribution in [1.29, 1.82) is 0 Å². The summed E-state index contributed by atoms with van der Waals surface area (Å²) in [6.07, 6.45) is 1.08. The number of carbonyl (C=O) groups excluding carboxylic acids is 3. The summed E-state index contributed by atoms with van der Waals surface area (Å²) < 4.78 is 28.9. The molecule has 0 N–H and O–H groups in total. The van der Waals surface area contributed by atoms with Gasteiger partial charge < -0.3 is 14.2 Å². The average Bonchev–Trinajstić information content (AvgIpc) is 2.71. The second kappa shape index (κ2) is 12.7. The van der Waals surface area contributed by atoms with Gasteiger partial charge in [0.25, 0.3) is 0 Å². The van der Waals surface area contributed by atoms with Gasteiger partial charge in [0.2, 0.25) is 0 Å². The van der Waals surface area contributed by atoms with E-state index in [4.69, 9.17) is 9.47 Å². The minimum Gasteiger partial charge on any atom is -0.465 e. The molecule has 0 bridgehead atoms. The first-order valence-corrected chi connectivity index (χ1v) is 9.80. The third kappa shape index (κ3) is 7.33. The first-order valence-electron chi connectivity index (χ1n) is 9.80. The van der Waals surface area contributed by atoms with Crippen LogP contribution >= 0.6 is 0 Å². The smallest absolute Gasteiger partial charge is 0.340 e. The Bertz CT molecular complexity index is 668. The lowest BCUT2D eigenvalue weighted by atomic mass is 9.81. The number of rotatable bonds is 12. The van der Waals surface area contributed by atoms with Crippen LogP contribution in [0.5, 0.6) is 0 Å². The van der Waals surface area contributed by atoms with Crippen LogP contribution in [-0.4, -0.2) is 43.9 Å². The van der Waals surface area contributed by atoms with E-state index in [1.54, 1.807) is 26.8 Å². The molecule has 1 aromatic carbocycles. The van der Waals surface area contributed by atoms with E-state index in [1.165, 1.54) is 6.08 Å². The van der Waals surface area contributed by atoms with Crippen LogP contribution in [0.1, 0.15) is 45.6 Å². The lowest BCUT2D eigenvalue weighted by Gasteiger charge is -2.26. The first kappa shape index (κ1) is 24.3. The predicted octanol–water partition coefficient (Wildman–Crippen LogP) is 3.88. The van der Waals surface area contributed by atoms with E-state index >= 15 is 0 Å². The Balaban J connectivity index is 3.11. The molecule has 160 valence electrons. The molecule has 0 aromatic heterocycles. The van der Waals surface area contributed by atoms with Gasteiger partial charge >= 0.3 is 17.9 Å². The maximum atomic E-state index is 14.0. The average molecular weight is 408 g/mol. The van der Waals surface area contributed by atoms with Crippen molar-refractivity contribution in [3.63, 3.8) is 0 Å². The molecule has 6 nitrogen and oxygen atoms in total. The molecule has 7 heteroatoms. The molecule has 0 aliphatic rings. The van der Waals surface area contributed by atoms with Crippen molar-refractivity contribution < 1.29 is 33.0 Å². The Labute approximate surface area is 171 Å². The lowest BCUT2D eigenvalue weighted by molar-refractivity contribution is -0.168. The van der Waals surface area contributed by atoms with Crippen LogP contribution in [0, 0.1) is 5.41 Å². The Morgan fingerprint density at radius 1 is 0.966 bits per heavy atom. The molecular weight excluding hydrogens is 379 g/mol. The SMILES string of the molecule is CCOC(=O)C(F)CCCC(/C=C/c1ccccc1)(C(=O)OCC)C(=O)OCC.